The molecule has 1 unspecified atom stereocenters. The van der Waals surface area contributed by atoms with Gasteiger partial charge in [-0.2, -0.15) is 8.42 Å². The van der Waals surface area contributed by atoms with Gasteiger partial charge in [-0.05, 0) is 6.42 Å². The van der Waals surface area contributed by atoms with Gasteiger partial charge in [-0.15, -0.1) is 0 Å². The van der Waals surface area contributed by atoms with Crippen molar-refractivity contribution in [1.82, 2.24) is 0 Å². The second-order valence-electron chi connectivity index (χ2n) is 4.06. The maximum atomic E-state index is 10.8. The van der Waals surface area contributed by atoms with Crippen molar-refractivity contribution >= 4 is 10.1 Å². The van der Waals surface area contributed by atoms with E-state index in [1.54, 1.807) is 0 Å². The first-order valence-corrected chi connectivity index (χ1v) is 6.77. The van der Waals surface area contributed by atoms with Crippen molar-refractivity contribution in [2.45, 2.75) is 32.3 Å². The van der Waals surface area contributed by atoms with E-state index in [0.29, 0.717) is 6.42 Å². The summed E-state index contributed by atoms with van der Waals surface area (Å²) in [6, 6.07) is 0. The van der Waals surface area contributed by atoms with Gasteiger partial charge in [0, 0.05) is 0 Å². The summed E-state index contributed by atoms with van der Waals surface area (Å²) in [6.45, 7) is 0.497. The molecule has 98 valence electrons. The molecule has 0 saturated heterocycles. The largest absolute Gasteiger partial charge is 0.396 e. The molecule has 0 spiro atoms. The zero-order valence-corrected chi connectivity index (χ0v) is 10.2. The molecule has 0 aromatic heterocycles. The summed E-state index contributed by atoms with van der Waals surface area (Å²) in [5.41, 5.74) is -1.59. The van der Waals surface area contributed by atoms with E-state index in [2.05, 4.69) is 0 Å². The minimum atomic E-state index is -4.36. The fourth-order valence-corrected chi connectivity index (χ4v) is 2.62. The molecule has 6 nitrogen and oxygen atoms in total. The van der Waals surface area contributed by atoms with E-state index in [1.807, 2.05) is 6.92 Å². The summed E-state index contributed by atoms with van der Waals surface area (Å²) in [6.07, 6.45) is 0.557. The molecule has 0 fully saturated rings. The summed E-state index contributed by atoms with van der Waals surface area (Å²) in [7, 11) is -4.36. The van der Waals surface area contributed by atoms with Crippen molar-refractivity contribution in [2.75, 3.05) is 19.0 Å². The first-order chi connectivity index (χ1) is 7.31. The van der Waals surface area contributed by atoms with Crippen molar-refractivity contribution in [3.05, 3.63) is 0 Å². The Morgan fingerprint density at radius 3 is 2.06 bits per heavy atom. The van der Waals surface area contributed by atoms with E-state index in [1.165, 1.54) is 0 Å². The normalized spacial score (nSPS) is 15.1. The minimum Gasteiger partial charge on any atom is -0.396 e. The number of hydrogen-bond donors (Lipinski definition) is 4. The van der Waals surface area contributed by atoms with Crippen LogP contribution in [0.5, 0.6) is 0 Å². The molecule has 16 heavy (non-hydrogen) atoms. The van der Waals surface area contributed by atoms with Crippen molar-refractivity contribution in [3.8, 4) is 0 Å². The van der Waals surface area contributed by atoms with Gasteiger partial charge in [-0.3, -0.25) is 4.55 Å². The van der Waals surface area contributed by atoms with Crippen LogP contribution in [0.2, 0.25) is 0 Å². The topological polar surface area (TPSA) is 115 Å². The number of hydrogen-bond acceptors (Lipinski definition) is 5. The maximum Gasteiger partial charge on any atom is 0.265 e. The Morgan fingerprint density at radius 2 is 1.75 bits per heavy atom. The van der Waals surface area contributed by atoms with Crippen LogP contribution in [0.3, 0.4) is 0 Å². The van der Waals surface area contributed by atoms with Crippen LogP contribution in [0.15, 0.2) is 0 Å². The predicted octanol–water partition coefficient (Wildman–Crippen LogP) is -0.604. The van der Waals surface area contributed by atoms with E-state index in [4.69, 9.17) is 14.8 Å². The van der Waals surface area contributed by atoms with Gasteiger partial charge in [0.15, 0.2) is 0 Å². The fourth-order valence-electron chi connectivity index (χ4n) is 1.52. The van der Waals surface area contributed by atoms with E-state index < -0.39 is 40.6 Å². The molecular weight excluding hydrogens is 236 g/mol. The Labute approximate surface area is 95.7 Å². The average Bonchev–Trinajstić information content (AvgIpc) is 2.21. The maximum absolute atomic E-state index is 10.8. The lowest BCUT2D eigenvalue weighted by molar-refractivity contribution is -0.0432. The molecule has 0 radical (unpaired) electrons. The van der Waals surface area contributed by atoms with Crippen molar-refractivity contribution < 1.29 is 28.3 Å². The highest BCUT2D eigenvalue weighted by Crippen LogP contribution is 2.26. The molecule has 4 N–H and O–H groups in total. The lowest BCUT2D eigenvalue weighted by Crippen LogP contribution is -2.47. The van der Waals surface area contributed by atoms with Gasteiger partial charge < -0.3 is 15.3 Å². The third-order valence-electron chi connectivity index (χ3n) is 2.64. The highest BCUT2D eigenvalue weighted by atomic mass is 32.2. The highest BCUT2D eigenvalue weighted by molar-refractivity contribution is 7.85. The van der Waals surface area contributed by atoms with Crippen LogP contribution in [-0.2, 0) is 10.1 Å². The number of aliphatic hydroxyl groups is 3. The lowest BCUT2D eigenvalue weighted by Gasteiger charge is -2.33. The van der Waals surface area contributed by atoms with E-state index in [-0.39, 0.29) is 6.42 Å². The van der Waals surface area contributed by atoms with E-state index in [9.17, 15) is 13.5 Å². The van der Waals surface area contributed by atoms with Crippen molar-refractivity contribution in [1.29, 1.82) is 0 Å². The summed E-state index contributed by atoms with van der Waals surface area (Å²) in [4.78, 5) is 0. The zero-order chi connectivity index (χ0) is 12.8. The van der Waals surface area contributed by atoms with Crippen LogP contribution in [0, 0.1) is 5.41 Å². The Morgan fingerprint density at radius 1 is 1.25 bits per heavy atom. The standard InChI is InChI=1S/C9H20O6S/c1-2-3-4-8(12)9(5-10,6-11)7-16(13,14)15/h8,10-12H,2-7H2,1H3,(H,13,14,15). The van der Waals surface area contributed by atoms with Crippen LogP contribution in [-0.4, -0.2) is 53.4 Å². The summed E-state index contributed by atoms with van der Waals surface area (Å²) >= 11 is 0. The molecule has 1 atom stereocenters. The summed E-state index contributed by atoms with van der Waals surface area (Å²) in [5.74, 6) is -0.849. The molecule has 0 amide bonds. The molecule has 0 aliphatic heterocycles. The van der Waals surface area contributed by atoms with Gasteiger partial charge in [-0.25, -0.2) is 0 Å². The van der Waals surface area contributed by atoms with Crippen LogP contribution >= 0.6 is 0 Å². The molecular formula is C9H20O6S. The number of rotatable bonds is 8. The Bertz CT molecular complexity index is 282. The van der Waals surface area contributed by atoms with Gasteiger partial charge in [0.05, 0.1) is 30.5 Å². The van der Waals surface area contributed by atoms with E-state index >= 15 is 0 Å². The fraction of sp³-hybridized carbons (Fsp3) is 1.00. The van der Waals surface area contributed by atoms with Gasteiger partial charge in [-0.1, -0.05) is 19.8 Å². The smallest absolute Gasteiger partial charge is 0.265 e. The lowest BCUT2D eigenvalue weighted by atomic mass is 9.83. The predicted molar refractivity (Wildman–Crippen MR) is 58.6 cm³/mol. The Kier molecular flexibility index (Phi) is 6.42. The van der Waals surface area contributed by atoms with Crippen molar-refractivity contribution in [3.63, 3.8) is 0 Å². The van der Waals surface area contributed by atoms with E-state index in [0.717, 1.165) is 6.42 Å². The Balaban J connectivity index is 4.79. The second-order valence-corrected chi connectivity index (χ2v) is 5.52. The van der Waals surface area contributed by atoms with Crippen LogP contribution in [0.1, 0.15) is 26.2 Å². The van der Waals surface area contributed by atoms with Crippen LogP contribution < -0.4 is 0 Å². The third kappa shape index (κ3) is 4.75. The zero-order valence-electron chi connectivity index (χ0n) is 9.33. The van der Waals surface area contributed by atoms with Crippen LogP contribution in [0.4, 0.5) is 0 Å². The molecule has 0 heterocycles. The minimum absolute atomic E-state index is 0.271. The molecule has 0 bridgehead atoms. The molecule has 0 rings (SSSR count). The molecule has 7 heteroatoms. The molecule has 0 aliphatic carbocycles. The molecule has 0 aliphatic rings. The monoisotopic (exact) mass is 256 g/mol. The highest BCUT2D eigenvalue weighted by Gasteiger charge is 2.40. The van der Waals surface area contributed by atoms with Gasteiger partial charge >= 0.3 is 0 Å². The number of unbranched alkanes of at least 4 members (excludes halogenated alkanes) is 1. The van der Waals surface area contributed by atoms with Gasteiger partial charge in [0.2, 0.25) is 0 Å². The molecule has 0 aromatic carbocycles. The van der Waals surface area contributed by atoms with Crippen LogP contribution in [0.25, 0.3) is 0 Å². The Hall–Kier alpha value is -0.210. The molecule has 0 saturated carbocycles. The van der Waals surface area contributed by atoms with Crippen molar-refractivity contribution in [2.24, 2.45) is 5.41 Å². The first-order valence-electron chi connectivity index (χ1n) is 5.16. The third-order valence-corrected chi connectivity index (χ3v) is 3.58. The average molecular weight is 256 g/mol. The SMILES string of the molecule is CCCCC(O)C(CO)(CO)CS(=O)(=O)O. The summed E-state index contributed by atoms with van der Waals surface area (Å²) in [5, 5.41) is 28.0. The first kappa shape index (κ1) is 15.8. The van der Waals surface area contributed by atoms with Gasteiger partial charge in [0.25, 0.3) is 10.1 Å². The van der Waals surface area contributed by atoms with Gasteiger partial charge in [0.1, 0.15) is 0 Å². The molecule has 0 aromatic rings. The summed E-state index contributed by atoms with van der Waals surface area (Å²) < 4.78 is 30.3. The number of aliphatic hydroxyl groups excluding tert-OH is 3. The quantitative estimate of drug-likeness (QED) is 0.431. The second kappa shape index (κ2) is 6.51.